The fourth-order valence-corrected chi connectivity index (χ4v) is 3.05. The van der Waals surface area contributed by atoms with Crippen LogP contribution in [0.25, 0.3) is 0 Å². The monoisotopic (exact) mass is 390 g/mol. The van der Waals surface area contributed by atoms with E-state index in [2.05, 4.69) is 5.32 Å². The standard InChI is InChI=1S/C15H13Cl2FN2O3S/c1-24(22,23)20(12-6-7-14(18)13(17)8-12)9-15(21)19-11-4-2-10(16)3-5-11/h2-8H,9H2,1H3,(H,19,21). The van der Waals surface area contributed by atoms with Crippen LogP contribution in [-0.4, -0.2) is 27.1 Å². The van der Waals surface area contributed by atoms with Gasteiger partial charge in [0.15, 0.2) is 0 Å². The summed E-state index contributed by atoms with van der Waals surface area (Å²) < 4.78 is 38.0. The molecule has 1 amide bonds. The molecule has 0 bridgehead atoms. The third-order valence-corrected chi connectivity index (χ3v) is 4.69. The van der Waals surface area contributed by atoms with Crippen molar-refractivity contribution < 1.29 is 17.6 Å². The Kier molecular flexibility index (Phi) is 5.69. The number of rotatable bonds is 5. The SMILES string of the molecule is CS(=O)(=O)N(CC(=O)Nc1ccc(Cl)cc1)c1ccc(F)c(Cl)c1. The summed E-state index contributed by atoms with van der Waals surface area (Å²) in [6, 6.07) is 9.76. The average Bonchev–Trinajstić information content (AvgIpc) is 2.49. The summed E-state index contributed by atoms with van der Waals surface area (Å²) in [5.41, 5.74) is 0.560. The number of amides is 1. The highest BCUT2D eigenvalue weighted by Gasteiger charge is 2.21. The van der Waals surface area contributed by atoms with Crippen molar-refractivity contribution in [1.82, 2.24) is 0 Å². The van der Waals surface area contributed by atoms with Gasteiger partial charge in [-0.2, -0.15) is 0 Å². The predicted octanol–water partition coefficient (Wildman–Crippen LogP) is 3.54. The molecule has 9 heteroatoms. The number of carbonyl (C=O) groups is 1. The molecule has 5 nitrogen and oxygen atoms in total. The first-order valence-corrected chi connectivity index (χ1v) is 9.25. The molecule has 2 aromatic rings. The number of hydrogen-bond acceptors (Lipinski definition) is 3. The van der Waals surface area contributed by atoms with Crippen LogP contribution in [0, 0.1) is 5.82 Å². The van der Waals surface area contributed by atoms with Crippen LogP contribution in [0.4, 0.5) is 15.8 Å². The van der Waals surface area contributed by atoms with E-state index in [4.69, 9.17) is 23.2 Å². The highest BCUT2D eigenvalue weighted by atomic mass is 35.5. The first kappa shape index (κ1) is 18.5. The highest BCUT2D eigenvalue weighted by molar-refractivity contribution is 7.92. The molecule has 0 unspecified atom stereocenters. The van der Waals surface area contributed by atoms with E-state index < -0.39 is 28.3 Å². The lowest BCUT2D eigenvalue weighted by molar-refractivity contribution is -0.114. The van der Waals surface area contributed by atoms with E-state index >= 15 is 0 Å². The van der Waals surface area contributed by atoms with Gasteiger partial charge in [0.2, 0.25) is 15.9 Å². The van der Waals surface area contributed by atoms with Crippen LogP contribution in [-0.2, 0) is 14.8 Å². The van der Waals surface area contributed by atoms with Crippen LogP contribution in [0.3, 0.4) is 0 Å². The van der Waals surface area contributed by atoms with E-state index in [0.29, 0.717) is 10.7 Å². The highest BCUT2D eigenvalue weighted by Crippen LogP contribution is 2.24. The van der Waals surface area contributed by atoms with Gasteiger partial charge in [-0.1, -0.05) is 23.2 Å². The first-order valence-electron chi connectivity index (χ1n) is 6.65. The molecule has 0 aliphatic rings. The van der Waals surface area contributed by atoms with Gasteiger partial charge in [0, 0.05) is 10.7 Å². The van der Waals surface area contributed by atoms with Crippen molar-refractivity contribution >= 4 is 50.5 Å². The van der Waals surface area contributed by atoms with Gasteiger partial charge in [-0.05, 0) is 42.5 Å². The Morgan fingerprint density at radius 3 is 2.33 bits per heavy atom. The summed E-state index contributed by atoms with van der Waals surface area (Å²) in [7, 11) is -3.77. The molecule has 0 heterocycles. The Hall–Kier alpha value is -1.83. The molecule has 128 valence electrons. The molecule has 0 aliphatic heterocycles. The number of halogens is 3. The van der Waals surface area contributed by atoms with Crippen LogP contribution >= 0.6 is 23.2 Å². The van der Waals surface area contributed by atoms with Gasteiger partial charge in [-0.25, -0.2) is 12.8 Å². The molecular weight excluding hydrogens is 378 g/mol. The summed E-state index contributed by atoms with van der Waals surface area (Å²) >= 11 is 11.4. The first-order chi connectivity index (χ1) is 11.2. The molecule has 2 aromatic carbocycles. The normalized spacial score (nSPS) is 11.2. The second-order valence-electron chi connectivity index (χ2n) is 4.92. The minimum absolute atomic E-state index is 0.0927. The van der Waals surface area contributed by atoms with Gasteiger partial charge in [0.05, 0.1) is 17.0 Å². The molecule has 0 radical (unpaired) electrons. The summed E-state index contributed by atoms with van der Waals surface area (Å²) in [6.07, 6.45) is 0.944. The van der Waals surface area contributed by atoms with E-state index in [1.54, 1.807) is 24.3 Å². The molecule has 0 spiro atoms. The fourth-order valence-electron chi connectivity index (χ4n) is 1.90. The van der Waals surface area contributed by atoms with E-state index in [1.165, 1.54) is 6.07 Å². The zero-order valence-electron chi connectivity index (χ0n) is 12.5. The van der Waals surface area contributed by atoms with E-state index in [0.717, 1.165) is 22.7 Å². The Labute approximate surface area is 149 Å². The van der Waals surface area contributed by atoms with Crippen LogP contribution in [0.15, 0.2) is 42.5 Å². The Morgan fingerprint density at radius 1 is 1.17 bits per heavy atom. The molecule has 24 heavy (non-hydrogen) atoms. The van der Waals surface area contributed by atoms with E-state index in [1.807, 2.05) is 0 Å². The molecule has 0 fully saturated rings. The third kappa shape index (κ3) is 4.83. The predicted molar refractivity (Wildman–Crippen MR) is 93.7 cm³/mol. The van der Waals surface area contributed by atoms with Gasteiger partial charge in [-0.15, -0.1) is 0 Å². The number of sulfonamides is 1. The van der Waals surface area contributed by atoms with Crippen molar-refractivity contribution in [2.24, 2.45) is 0 Å². The van der Waals surface area contributed by atoms with Crippen LogP contribution in [0.1, 0.15) is 0 Å². The zero-order valence-corrected chi connectivity index (χ0v) is 14.8. The maximum absolute atomic E-state index is 13.3. The average molecular weight is 391 g/mol. The molecule has 0 aliphatic carbocycles. The second-order valence-corrected chi connectivity index (χ2v) is 7.67. The number of carbonyl (C=O) groups excluding carboxylic acids is 1. The zero-order chi connectivity index (χ0) is 17.9. The van der Waals surface area contributed by atoms with Gasteiger partial charge < -0.3 is 5.32 Å². The number of benzene rings is 2. The summed E-state index contributed by atoms with van der Waals surface area (Å²) in [5, 5.41) is 2.83. The van der Waals surface area contributed by atoms with Crippen molar-refractivity contribution in [2.75, 3.05) is 22.4 Å². The van der Waals surface area contributed by atoms with Gasteiger partial charge in [0.25, 0.3) is 0 Å². The van der Waals surface area contributed by atoms with Crippen LogP contribution in [0.2, 0.25) is 10.0 Å². The summed E-state index contributed by atoms with van der Waals surface area (Å²) in [4.78, 5) is 12.1. The topological polar surface area (TPSA) is 66.5 Å². The summed E-state index contributed by atoms with van der Waals surface area (Å²) in [6.45, 7) is -0.483. The Balaban J connectivity index is 2.21. The number of nitrogens with zero attached hydrogens (tertiary/aromatic N) is 1. The van der Waals surface area contributed by atoms with Crippen molar-refractivity contribution in [3.05, 3.63) is 58.3 Å². The van der Waals surface area contributed by atoms with Gasteiger partial charge in [-0.3, -0.25) is 9.10 Å². The van der Waals surface area contributed by atoms with Crippen LogP contribution in [0.5, 0.6) is 0 Å². The third-order valence-electron chi connectivity index (χ3n) is 3.01. The fraction of sp³-hybridized carbons (Fsp3) is 0.133. The Bertz CT molecular complexity index is 858. The lowest BCUT2D eigenvalue weighted by Crippen LogP contribution is -2.37. The molecule has 0 saturated heterocycles. The van der Waals surface area contributed by atoms with Gasteiger partial charge >= 0.3 is 0 Å². The lowest BCUT2D eigenvalue weighted by Gasteiger charge is -2.22. The maximum atomic E-state index is 13.3. The smallest absolute Gasteiger partial charge is 0.245 e. The Morgan fingerprint density at radius 2 is 1.79 bits per heavy atom. The molecular formula is C15H13Cl2FN2O3S. The van der Waals surface area contributed by atoms with Crippen molar-refractivity contribution in [3.63, 3.8) is 0 Å². The number of hydrogen-bond donors (Lipinski definition) is 1. The van der Waals surface area contributed by atoms with Crippen molar-refractivity contribution in [2.45, 2.75) is 0 Å². The molecule has 0 atom stereocenters. The van der Waals surface area contributed by atoms with Gasteiger partial charge in [0.1, 0.15) is 12.4 Å². The van der Waals surface area contributed by atoms with Crippen LogP contribution < -0.4 is 9.62 Å². The lowest BCUT2D eigenvalue weighted by atomic mass is 10.3. The molecule has 0 saturated carbocycles. The molecule has 2 rings (SSSR count). The van der Waals surface area contributed by atoms with Crippen molar-refractivity contribution in [1.29, 1.82) is 0 Å². The van der Waals surface area contributed by atoms with E-state index in [-0.39, 0.29) is 10.7 Å². The van der Waals surface area contributed by atoms with E-state index in [9.17, 15) is 17.6 Å². The molecule has 1 N–H and O–H groups in total. The minimum atomic E-state index is -3.77. The van der Waals surface area contributed by atoms with Crippen molar-refractivity contribution in [3.8, 4) is 0 Å². The summed E-state index contributed by atoms with van der Waals surface area (Å²) in [5.74, 6) is -1.25. The minimum Gasteiger partial charge on any atom is -0.325 e. The molecule has 0 aromatic heterocycles. The number of nitrogens with one attached hydrogen (secondary N) is 1. The second kappa shape index (κ2) is 7.38. The largest absolute Gasteiger partial charge is 0.325 e. The quantitative estimate of drug-likeness (QED) is 0.848. The number of anilines is 2. The maximum Gasteiger partial charge on any atom is 0.245 e.